The molecule has 0 fully saturated rings. The lowest BCUT2D eigenvalue weighted by Gasteiger charge is -2.04. The molecule has 0 aliphatic rings. The van der Waals surface area contributed by atoms with Gasteiger partial charge in [0, 0.05) is 21.8 Å². The molecule has 2 aromatic rings. The van der Waals surface area contributed by atoms with E-state index in [1.54, 1.807) is 11.3 Å². The number of hydrogen-bond donors (Lipinski definition) is 1. The lowest BCUT2D eigenvalue weighted by atomic mass is 10.3. The van der Waals surface area contributed by atoms with Crippen molar-refractivity contribution < 1.29 is 0 Å². The molecule has 0 radical (unpaired) electrons. The Hall–Kier alpha value is -1.06. The van der Waals surface area contributed by atoms with Crippen molar-refractivity contribution in [2.45, 2.75) is 13.5 Å². The minimum Gasteiger partial charge on any atom is -0.380 e. The van der Waals surface area contributed by atoms with Crippen LogP contribution in [0.15, 0.2) is 30.5 Å². The van der Waals surface area contributed by atoms with Crippen molar-refractivity contribution in [2.24, 2.45) is 0 Å². The number of aryl methyl sites for hydroxylation is 1. The first kappa shape index (κ1) is 10.5. The van der Waals surface area contributed by atoms with E-state index in [0.29, 0.717) is 0 Å². The van der Waals surface area contributed by atoms with Crippen LogP contribution in [0.4, 0.5) is 5.69 Å². The highest BCUT2D eigenvalue weighted by Crippen LogP contribution is 2.17. The summed E-state index contributed by atoms with van der Waals surface area (Å²) in [5.74, 6) is 0. The molecule has 0 amide bonds. The van der Waals surface area contributed by atoms with Gasteiger partial charge in [-0.05, 0) is 25.1 Å². The number of hydrogen-bond acceptors (Lipinski definition) is 3. The SMILES string of the molecule is Cc1ncc(CNc2cccc(Cl)c2)s1. The number of thiazole rings is 1. The van der Waals surface area contributed by atoms with E-state index < -0.39 is 0 Å². The van der Waals surface area contributed by atoms with Crippen molar-refractivity contribution in [1.82, 2.24) is 4.98 Å². The van der Waals surface area contributed by atoms with E-state index in [0.717, 1.165) is 22.3 Å². The van der Waals surface area contributed by atoms with E-state index in [1.807, 2.05) is 37.4 Å². The molecule has 1 N–H and O–H groups in total. The number of aromatic nitrogens is 1. The zero-order valence-electron chi connectivity index (χ0n) is 8.33. The fourth-order valence-corrected chi connectivity index (χ4v) is 2.20. The molecule has 0 unspecified atom stereocenters. The van der Waals surface area contributed by atoms with Crippen LogP contribution >= 0.6 is 22.9 Å². The van der Waals surface area contributed by atoms with Crippen LogP contribution in [0.5, 0.6) is 0 Å². The fraction of sp³-hybridized carbons (Fsp3) is 0.182. The van der Waals surface area contributed by atoms with Gasteiger partial charge in [0.05, 0.1) is 11.6 Å². The smallest absolute Gasteiger partial charge is 0.0897 e. The molecule has 0 saturated heterocycles. The van der Waals surface area contributed by atoms with Crippen molar-refractivity contribution in [3.63, 3.8) is 0 Å². The number of halogens is 1. The van der Waals surface area contributed by atoms with Crippen LogP contribution in [0.25, 0.3) is 0 Å². The summed E-state index contributed by atoms with van der Waals surface area (Å²) in [5.41, 5.74) is 1.04. The fourth-order valence-electron chi connectivity index (χ4n) is 1.27. The minimum absolute atomic E-state index is 0.750. The second kappa shape index (κ2) is 4.64. The van der Waals surface area contributed by atoms with Gasteiger partial charge >= 0.3 is 0 Å². The highest BCUT2D eigenvalue weighted by molar-refractivity contribution is 7.11. The third kappa shape index (κ3) is 2.94. The van der Waals surface area contributed by atoms with Crippen LogP contribution in [0.1, 0.15) is 9.88 Å². The van der Waals surface area contributed by atoms with Gasteiger partial charge in [-0.3, -0.25) is 0 Å². The van der Waals surface area contributed by atoms with Crippen molar-refractivity contribution >= 4 is 28.6 Å². The molecule has 0 saturated carbocycles. The zero-order chi connectivity index (χ0) is 10.7. The Morgan fingerprint density at radius 2 is 2.33 bits per heavy atom. The van der Waals surface area contributed by atoms with E-state index in [9.17, 15) is 0 Å². The van der Waals surface area contributed by atoms with Gasteiger partial charge in [0.2, 0.25) is 0 Å². The third-order valence-corrected chi connectivity index (χ3v) is 3.11. The topological polar surface area (TPSA) is 24.9 Å². The Bertz CT molecular complexity index is 453. The van der Waals surface area contributed by atoms with Gasteiger partial charge in [0.25, 0.3) is 0 Å². The van der Waals surface area contributed by atoms with Crippen molar-refractivity contribution in [3.8, 4) is 0 Å². The first-order chi connectivity index (χ1) is 7.24. The summed E-state index contributed by atoms with van der Waals surface area (Å²) in [7, 11) is 0. The van der Waals surface area contributed by atoms with E-state index in [-0.39, 0.29) is 0 Å². The van der Waals surface area contributed by atoms with Crippen LogP contribution in [-0.4, -0.2) is 4.98 Å². The molecule has 2 nitrogen and oxygen atoms in total. The molecule has 4 heteroatoms. The van der Waals surface area contributed by atoms with Gasteiger partial charge in [-0.2, -0.15) is 0 Å². The Morgan fingerprint density at radius 3 is 3.00 bits per heavy atom. The van der Waals surface area contributed by atoms with E-state index in [1.165, 1.54) is 4.88 Å². The lowest BCUT2D eigenvalue weighted by Crippen LogP contribution is -1.96. The van der Waals surface area contributed by atoms with Gasteiger partial charge in [-0.1, -0.05) is 17.7 Å². The molecule has 1 heterocycles. The molecule has 2 rings (SSSR count). The molecule has 1 aromatic heterocycles. The molecule has 1 aromatic carbocycles. The van der Waals surface area contributed by atoms with Gasteiger partial charge in [-0.15, -0.1) is 11.3 Å². The third-order valence-electron chi connectivity index (χ3n) is 1.96. The maximum atomic E-state index is 5.88. The largest absolute Gasteiger partial charge is 0.380 e. The van der Waals surface area contributed by atoms with E-state index in [2.05, 4.69) is 10.3 Å². The van der Waals surface area contributed by atoms with Crippen molar-refractivity contribution in [3.05, 3.63) is 45.4 Å². The molecule has 78 valence electrons. The van der Waals surface area contributed by atoms with Gasteiger partial charge in [-0.25, -0.2) is 4.98 Å². The lowest BCUT2D eigenvalue weighted by molar-refractivity contribution is 1.17. The number of rotatable bonds is 3. The highest BCUT2D eigenvalue weighted by atomic mass is 35.5. The molecule has 0 atom stereocenters. The average Bonchev–Trinajstić information content (AvgIpc) is 2.62. The molecule has 0 aliphatic heterocycles. The van der Waals surface area contributed by atoms with Crippen LogP contribution in [0.3, 0.4) is 0 Å². The summed E-state index contributed by atoms with van der Waals surface area (Å²) in [6, 6.07) is 7.71. The molecule has 0 aliphatic carbocycles. The summed E-state index contributed by atoms with van der Waals surface area (Å²) in [6.45, 7) is 2.80. The predicted molar refractivity (Wildman–Crippen MR) is 65.6 cm³/mol. The summed E-state index contributed by atoms with van der Waals surface area (Å²) < 4.78 is 0. The second-order valence-electron chi connectivity index (χ2n) is 3.21. The Morgan fingerprint density at radius 1 is 1.47 bits per heavy atom. The zero-order valence-corrected chi connectivity index (χ0v) is 9.90. The Balaban J connectivity index is 1.99. The summed E-state index contributed by atoms with van der Waals surface area (Å²) in [4.78, 5) is 5.43. The van der Waals surface area contributed by atoms with Crippen molar-refractivity contribution in [2.75, 3.05) is 5.32 Å². The van der Waals surface area contributed by atoms with Gasteiger partial charge < -0.3 is 5.32 Å². The standard InChI is InChI=1S/C11H11ClN2S/c1-8-13-6-11(15-8)7-14-10-4-2-3-9(12)5-10/h2-6,14H,7H2,1H3. The van der Waals surface area contributed by atoms with Crippen LogP contribution < -0.4 is 5.32 Å². The van der Waals surface area contributed by atoms with Crippen LogP contribution in [-0.2, 0) is 6.54 Å². The maximum Gasteiger partial charge on any atom is 0.0897 e. The Labute approximate surface area is 97.9 Å². The quantitative estimate of drug-likeness (QED) is 0.882. The normalized spacial score (nSPS) is 10.3. The second-order valence-corrected chi connectivity index (χ2v) is 4.97. The van der Waals surface area contributed by atoms with Gasteiger partial charge in [0.15, 0.2) is 0 Å². The summed E-state index contributed by atoms with van der Waals surface area (Å²) in [6.07, 6.45) is 1.90. The van der Waals surface area contributed by atoms with Gasteiger partial charge in [0.1, 0.15) is 0 Å². The van der Waals surface area contributed by atoms with Crippen LogP contribution in [0.2, 0.25) is 5.02 Å². The molecular weight excluding hydrogens is 228 g/mol. The van der Waals surface area contributed by atoms with E-state index in [4.69, 9.17) is 11.6 Å². The highest BCUT2D eigenvalue weighted by Gasteiger charge is 1.98. The molecule has 0 spiro atoms. The summed E-state index contributed by atoms with van der Waals surface area (Å²) >= 11 is 7.59. The van der Waals surface area contributed by atoms with Crippen LogP contribution in [0, 0.1) is 6.92 Å². The summed E-state index contributed by atoms with van der Waals surface area (Å²) in [5, 5.41) is 5.15. The number of nitrogens with zero attached hydrogens (tertiary/aromatic N) is 1. The first-order valence-electron chi connectivity index (χ1n) is 4.65. The predicted octanol–water partition coefficient (Wildman–Crippen LogP) is 3.72. The minimum atomic E-state index is 0.750. The Kier molecular flexibility index (Phi) is 3.23. The van der Waals surface area contributed by atoms with E-state index >= 15 is 0 Å². The molecule has 15 heavy (non-hydrogen) atoms. The number of benzene rings is 1. The number of nitrogens with one attached hydrogen (secondary N) is 1. The number of anilines is 1. The maximum absolute atomic E-state index is 5.88. The average molecular weight is 239 g/mol. The molecule has 0 bridgehead atoms. The first-order valence-corrected chi connectivity index (χ1v) is 5.84. The van der Waals surface area contributed by atoms with Crippen molar-refractivity contribution in [1.29, 1.82) is 0 Å². The monoisotopic (exact) mass is 238 g/mol. The molecular formula is C11H11ClN2S.